The minimum absolute atomic E-state index is 0.257. The molecule has 1 aromatic heterocycles. The van der Waals surface area contributed by atoms with Gasteiger partial charge in [-0.25, -0.2) is 9.59 Å². The van der Waals surface area contributed by atoms with Crippen molar-refractivity contribution in [3.05, 3.63) is 84.6 Å². The molecule has 1 fully saturated rings. The summed E-state index contributed by atoms with van der Waals surface area (Å²) in [5.41, 5.74) is 3.15. The van der Waals surface area contributed by atoms with Gasteiger partial charge >= 0.3 is 12.2 Å². The van der Waals surface area contributed by atoms with Crippen LogP contribution in [0.5, 0.6) is 0 Å². The van der Waals surface area contributed by atoms with Crippen molar-refractivity contribution in [2.75, 3.05) is 43.4 Å². The van der Waals surface area contributed by atoms with Crippen LogP contribution in [0, 0.1) is 0 Å². The zero-order valence-electron chi connectivity index (χ0n) is 28.1. The summed E-state index contributed by atoms with van der Waals surface area (Å²) >= 11 is 0. The summed E-state index contributed by atoms with van der Waals surface area (Å²) < 4.78 is 13.1. The summed E-state index contributed by atoms with van der Waals surface area (Å²) in [5, 5.41) is 6.75. The van der Waals surface area contributed by atoms with Crippen LogP contribution < -0.4 is 10.6 Å². The lowest BCUT2D eigenvalue weighted by Gasteiger charge is -2.35. The summed E-state index contributed by atoms with van der Waals surface area (Å²) in [5.74, 6) is -0.292. The number of fused-ring (bicyclic) bond motifs is 1. The molecule has 0 aliphatic carbocycles. The zero-order valence-corrected chi connectivity index (χ0v) is 28.1. The summed E-state index contributed by atoms with van der Waals surface area (Å²) in [6, 6.07) is 23.0. The van der Waals surface area contributed by atoms with E-state index in [0.717, 1.165) is 48.2 Å². The first-order valence-corrected chi connectivity index (χ1v) is 16.0. The van der Waals surface area contributed by atoms with E-state index in [1.54, 1.807) is 31.7 Å². The molecule has 248 valence electrons. The Hall–Kier alpha value is -4.83. The predicted molar refractivity (Wildman–Crippen MR) is 186 cm³/mol. The molecule has 1 aliphatic rings. The molecular weight excluding hydrogens is 594 g/mol. The summed E-state index contributed by atoms with van der Waals surface area (Å²) in [6.07, 6.45) is 1.18. The van der Waals surface area contributed by atoms with Crippen molar-refractivity contribution in [2.24, 2.45) is 0 Å². The molecule has 2 heterocycles. The Kier molecular flexibility index (Phi) is 9.91. The fourth-order valence-electron chi connectivity index (χ4n) is 5.44. The highest BCUT2D eigenvalue weighted by Crippen LogP contribution is 2.30. The van der Waals surface area contributed by atoms with E-state index < -0.39 is 17.3 Å². The van der Waals surface area contributed by atoms with Crippen LogP contribution in [0.2, 0.25) is 0 Å². The minimum Gasteiger partial charge on any atom is -0.444 e. The molecule has 47 heavy (non-hydrogen) atoms. The first-order chi connectivity index (χ1) is 22.2. The van der Waals surface area contributed by atoms with Gasteiger partial charge in [-0.15, -0.1) is 0 Å². The van der Waals surface area contributed by atoms with Crippen molar-refractivity contribution in [3.63, 3.8) is 0 Å². The first-order valence-electron chi connectivity index (χ1n) is 16.0. The maximum Gasteiger partial charge on any atom is 0.412 e. The molecule has 0 spiro atoms. The van der Waals surface area contributed by atoms with Crippen molar-refractivity contribution in [1.82, 2.24) is 14.4 Å². The topological polar surface area (TPSA) is 105 Å². The fourth-order valence-corrected chi connectivity index (χ4v) is 5.44. The van der Waals surface area contributed by atoms with E-state index in [1.807, 2.05) is 93.7 Å². The number of hydrogen-bond acceptors (Lipinski definition) is 6. The van der Waals surface area contributed by atoms with E-state index in [1.165, 1.54) is 0 Å². The number of anilines is 2. The number of nitrogens with one attached hydrogen (secondary N) is 2. The maximum atomic E-state index is 13.6. The molecule has 0 saturated carbocycles. The summed E-state index contributed by atoms with van der Waals surface area (Å²) in [6.45, 7) is 15.5. The monoisotopic (exact) mass is 639 g/mol. The Balaban J connectivity index is 1.25. The first kappa shape index (κ1) is 33.5. The highest BCUT2D eigenvalue weighted by atomic mass is 16.6. The van der Waals surface area contributed by atoms with E-state index in [4.69, 9.17) is 9.47 Å². The van der Waals surface area contributed by atoms with Gasteiger partial charge in [0.15, 0.2) is 0 Å². The van der Waals surface area contributed by atoms with Crippen LogP contribution in [0.15, 0.2) is 79.0 Å². The predicted octanol–water partition coefficient (Wildman–Crippen LogP) is 7.46. The van der Waals surface area contributed by atoms with E-state index >= 15 is 0 Å². The van der Waals surface area contributed by atoms with Crippen molar-refractivity contribution in [3.8, 4) is 11.1 Å². The Bertz CT molecular complexity index is 1730. The van der Waals surface area contributed by atoms with Crippen LogP contribution >= 0.6 is 0 Å². The van der Waals surface area contributed by atoms with Crippen LogP contribution in [0.4, 0.5) is 21.0 Å². The van der Waals surface area contributed by atoms with E-state index in [2.05, 4.69) is 20.1 Å². The van der Waals surface area contributed by atoms with E-state index in [0.29, 0.717) is 30.0 Å². The lowest BCUT2D eigenvalue weighted by atomic mass is 10.0. The molecule has 0 radical (unpaired) electrons. The number of hydrogen-bond donors (Lipinski definition) is 2. The van der Waals surface area contributed by atoms with Gasteiger partial charge in [0.2, 0.25) is 0 Å². The Morgan fingerprint density at radius 3 is 2.09 bits per heavy atom. The van der Waals surface area contributed by atoms with Gasteiger partial charge < -0.3 is 24.3 Å². The van der Waals surface area contributed by atoms with Crippen molar-refractivity contribution >= 4 is 40.4 Å². The van der Waals surface area contributed by atoms with Crippen molar-refractivity contribution in [1.29, 1.82) is 0 Å². The van der Waals surface area contributed by atoms with Crippen LogP contribution in [-0.4, -0.2) is 76.4 Å². The fraction of sp³-hybridized carbons (Fsp3) is 0.378. The van der Waals surface area contributed by atoms with E-state index in [9.17, 15) is 14.4 Å². The summed E-state index contributed by atoms with van der Waals surface area (Å²) in [7, 11) is 0. The standard InChI is InChI=1S/C37H45N5O5/c1-36(2,3)46-34(44)39-30-14-12-27(26-10-8-7-9-11-26)25-31(30)38-33(43)29-13-15-32-28(24-29)16-17-41(32)21-18-40-19-22-42(23-20-40)35(45)47-37(4,5)6/h7-17,24-25H,18-23H2,1-6H3,(H,38,43)(H,39,44). The Morgan fingerprint density at radius 2 is 1.40 bits per heavy atom. The van der Waals surface area contributed by atoms with Gasteiger partial charge in [0, 0.05) is 61.9 Å². The number of piperazine rings is 1. The van der Waals surface area contributed by atoms with E-state index in [-0.39, 0.29) is 12.0 Å². The lowest BCUT2D eigenvalue weighted by Crippen LogP contribution is -2.50. The second-order valence-corrected chi connectivity index (χ2v) is 13.8. The van der Waals surface area contributed by atoms with Crippen molar-refractivity contribution < 1.29 is 23.9 Å². The molecule has 5 rings (SSSR count). The lowest BCUT2D eigenvalue weighted by molar-refractivity contribution is 0.0143. The molecule has 2 N–H and O–H groups in total. The highest BCUT2D eigenvalue weighted by Gasteiger charge is 2.26. The Morgan fingerprint density at radius 1 is 0.702 bits per heavy atom. The molecule has 1 aliphatic heterocycles. The molecule has 0 atom stereocenters. The van der Waals surface area contributed by atoms with Crippen LogP contribution in [0.1, 0.15) is 51.9 Å². The van der Waals surface area contributed by atoms with Gasteiger partial charge in [0.1, 0.15) is 11.2 Å². The van der Waals surface area contributed by atoms with Gasteiger partial charge in [-0.05, 0) is 89.1 Å². The SMILES string of the molecule is CC(C)(C)OC(=O)Nc1ccc(-c2ccccc2)cc1NC(=O)c1ccc2c(ccn2CCN2CCN(C(=O)OC(C)(C)C)CC2)c1. The third-order valence-corrected chi connectivity index (χ3v) is 7.72. The largest absolute Gasteiger partial charge is 0.444 e. The minimum atomic E-state index is -0.667. The number of ether oxygens (including phenoxy) is 2. The molecule has 10 nitrogen and oxygen atoms in total. The summed E-state index contributed by atoms with van der Waals surface area (Å²) in [4.78, 5) is 42.7. The average Bonchev–Trinajstić information content (AvgIpc) is 3.42. The van der Waals surface area contributed by atoms with Gasteiger partial charge in [-0.1, -0.05) is 36.4 Å². The molecule has 3 aromatic carbocycles. The number of nitrogens with zero attached hydrogens (tertiary/aromatic N) is 3. The van der Waals surface area contributed by atoms with Gasteiger partial charge in [0.25, 0.3) is 5.91 Å². The second kappa shape index (κ2) is 13.9. The maximum absolute atomic E-state index is 13.6. The van der Waals surface area contributed by atoms with Gasteiger partial charge in [0.05, 0.1) is 11.4 Å². The number of aromatic nitrogens is 1. The number of rotatable bonds is 7. The zero-order chi connectivity index (χ0) is 33.8. The number of benzene rings is 3. The molecule has 3 amide bonds. The molecule has 0 bridgehead atoms. The highest BCUT2D eigenvalue weighted by molar-refractivity contribution is 6.09. The Labute approximate surface area is 276 Å². The smallest absolute Gasteiger partial charge is 0.412 e. The quantitative estimate of drug-likeness (QED) is 0.218. The molecule has 4 aromatic rings. The third-order valence-electron chi connectivity index (χ3n) is 7.72. The van der Waals surface area contributed by atoms with Crippen LogP contribution in [0.3, 0.4) is 0 Å². The average molecular weight is 640 g/mol. The number of carbonyl (C=O) groups excluding carboxylic acids is 3. The van der Waals surface area contributed by atoms with Crippen LogP contribution in [-0.2, 0) is 16.0 Å². The normalized spacial score (nSPS) is 14.1. The van der Waals surface area contributed by atoms with Crippen LogP contribution in [0.25, 0.3) is 22.0 Å². The number of amides is 3. The van der Waals surface area contributed by atoms with Gasteiger partial charge in [-0.2, -0.15) is 0 Å². The number of carbonyl (C=O) groups is 3. The molecule has 10 heteroatoms. The van der Waals surface area contributed by atoms with Gasteiger partial charge in [-0.3, -0.25) is 15.0 Å². The molecule has 1 saturated heterocycles. The third kappa shape index (κ3) is 9.13. The second-order valence-electron chi connectivity index (χ2n) is 13.8. The molecular formula is C37H45N5O5. The molecule has 0 unspecified atom stereocenters. The van der Waals surface area contributed by atoms with Crippen molar-refractivity contribution in [2.45, 2.75) is 59.3 Å².